The first-order valence-corrected chi connectivity index (χ1v) is 6.95. The Bertz CT molecular complexity index is 211. The van der Waals surface area contributed by atoms with Crippen molar-refractivity contribution in [1.82, 2.24) is 9.80 Å². The van der Waals surface area contributed by atoms with E-state index in [-0.39, 0.29) is 5.60 Å². The topological polar surface area (TPSA) is 15.7 Å². The van der Waals surface area contributed by atoms with Crippen molar-refractivity contribution >= 4 is 0 Å². The van der Waals surface area contributed by atoms with E-state index in [1.165, 1.54) is 26.1 Å². The Hall–Kier alpha value is -0.120. The quantitative estimate of drug-likeness (QED) is 0.736. The van der Waals surface area contributed by atoms with Gasteiger partial charge in [0.1, 0.15) is 0 Å². The Kier molecular flexibility index (Phi) is 5.90. The van der Waals surface area contributed by atoms with E-state index in [9.17, 15) is 0 Å². The number of rotatable bonds is 5. The second kappa shape index (κ2) is 6.72. The van der Waals surface area contributed by atoms with Gasteiger partial charge in [-0.3, -0.25) is 9.80 Å². The molecule has 3 heteroatoms. The van der Waals surface area contributed by atoms with Crippen molar-refractivity contribution in [2.45, 2.75) is 46.6 Å². The van der Waals surface area contributed by atoms with Crippen LogP contribution in [0.2, 0.25) is 0 Å². The first-order chi connectivity index (χ1) is 7.87. The predicted molar refractivity (Wildman–Crippen MR) is 73.2 cm³/mol. The molecule has 1 rings (SSSR count). The van der Waals surface area contributed by atoms with Crippen LogP contribution in [-0.4, -0.2) is 54.9 Å². The van der Waals surface area contributed by atoms with Crippen LogP contribution in [0, 0.1) is 5.92 Å². The molecule has 3 nitrogen and oxygen atoms in total. The van der Waals surface area contributed by atoms with Crippen LogP contribution < -0.4 is 0 Å². The van der Waals surface area contributed by atoms with Gasteiger partial charge in [0.05, 0.1) is 18.9 Å². The SMILES string of the molecule is CC(C)CN1CCCN(CCOC(C)(C)C)C1. The molecule has 1 saturated heterocycles. The predicted octanol–water partition coefficient (Wildman–Crippen LogP) is 2.42. The molecule has 0 N–H and O–H groups in total. The number of hydrogen-bond acceptors (Lipinski definition) is 3. The van der Waals surface area contributed by atoms with Crippen molar-refractivity contribution in [3.05, 3.63) is 0 Å². The van der Waals surface area contributed by atoms with Crippen LogP contribution in [0.15, 0.2) is 0 Å². The lowest BCUT2D eigenvalue weighted by molar-refractivity contribution is -0.0251. The smallest absolute Gasteiger partial charge is 0.0601 e. The van der Waals surface area contributed by atoms with Crippen molar-refractivity contribution in [3.63, 3.8) is 0 Å². The third-order valence-corrected chi connectivity index (χ3v) is 2.91. The molecule has 102 valence electrons. The molecule has 1 aliphatic rings. The van der Waals surface area contributed by atoms with E-state index in [1.54, 1.807) is 0 Å². The molecule has 17 heavy (non-hydrogen) atoms. The van der Waals surface area contributed by atoms with Crippen molar-refractivity contribution in [1.29, 1.82) is 0 Å². The lowest BCUT2D eigenvalue weighted by Gasteiger charge is -2.36. The van der Waals surface area contributed by atoms with Gasteiger partial charge < -0.3 is 4.74 Å². The highest BCUT2D eigenvalue weighted by atomic mass is 16.5. The molecular formula is C14H30N2O. The lowest BCUT2D eigenvalue weighted by Crippen LogP contribution is -2.47. The first kappa shape index (κ1) is 14.9. The van der Waals surface area contributed by atoms with E-state index >= 15 is 0 Å². The third-order valence-electron chi connectivity index (χ3n) is 2.91. The normalized spacial score (nSPS) is 20.1. The van der Waals surface area contributed by atoms with Gasteiger partial charge in [0.15, 0.2) is 0 Å². The summed E-state index contributed by atoms with van der Waals surface area (Å²) in [4.78, 5) is 5.07. The van der Waals surface area contributed by atoms with E-state index < -0.39 is 0 Å². The number of hydrogen-bond donors (Lipinski definition) is 0. The minimum absolute atomic E-state index is 0.00654. The van der Waals surface area contributed by atoms with Crippen LogP contribution >= 0.6 is 0 Å². The number of ether oxygens (including phenoxy) is 1. The van der Waals surface area contributed by atoms with Crippen LogP contribution in [-0.2, 0) is 4.74 Å². The summed E-state index contributed by atoms with van der Waals surface area (Å²) in [5, 5.41) is 0. The molecule has 0 aliphatic carbocycles. The highest BCUT2D eigenvalue weighted by Crippen LogP contribution is 2.10. The van der Waals surface area contributed by atoms with E-state index in [4.69, 9.17) is 4.74 Å². The zero-order chi connectivity index (χ0) is 12.9. The Labute approximate surface area is 107 Å². The largest absolute Gasteiger partial charge is 0.375 e. The molecule has 0 saturated carbocycles. The van der Waals surface area contributed by atoms with E-state index in [0.717, 1.165) is 25.7 Å². The summed E-state index contributed by atoms with van der Waals surface area (Å²) in [5.74, 6) is 0.765. The summed E-state index contributed by atoms with van der Waals surface area (Å²) in [6, 6.07) is 0. The summed E-state index contributed by atoms with van der Waals surface area (Å²) in [5.41, 5.74) is -0.00654. The molecule has 0 radical (unpaired) electrons. The summed E-state index contributed by atoms with van der Waals surface area (Å²) in [6.45, 7) is 17.7. The Morgan fingerprint density at radius 3 is 2.35 bits per heavy atom. The van der Waals surface area contributed by atoms with Gasteiger partial charge in [-0.2, -0.15) is 0 Å². The zero-order valence-electron chi connectivity index (χ0n) is 12.3. The van der Waals surface area contributed by atoms with Crippen LogP contribution in [0.1, 0.15) is 41.0 Å². The molecule has 0 spiro atoms. The van der Waals surface area contributed by atoms with Gasteiger partial charge in [-0.05, 0) is 33.1 Å². The highest BCUT2D eigenvalue weighted by Gasteiger charge is 2.18. The molecule has 1 fully saturated rings. The minimum atomic E-state index is -0.00654. The van der Waals surface area contributed by atoms with E-state index in [1.807, 2.05) is 0 Å². The molecule has 0 aromatic heterocycles. The van der Waals surface area contributed by atoms with E-state index in [0.29, 0.717) is 0 Å². The summed E-state index contributed by atoms with van der Waals surface area (Å²) < 4.78 is 5.79. The molecule has 0 aromatic carbocycles. The zero-order valence-corrected chi connectivity index (χ0v) is 12.3. The standard InChI is InChI=1S/C14H30N2O/c1-13(2)11-16-8-6-7-15(12-16)9-10-17-14(3,4)5/h13H,6-12H2,1-5H3. The maximum Gasteiger partial charge on any atom is 0.0601 e. The maximum atomic E-state index is 5.79. The summed E-state index contributed by atoms with van der Waals surface area (Å²) in [6.07, 6.45) is 1.29. The van der Waals surface area contributed by atoms with Crippen LogP contribution in [0.3, 0.4) is 0 Å². The molecular weight excluding hydrogens is 212 g/mol. The van der Waals surface area contributed by atoms with Crippen LogP contribution in [0.5, 0.6) is 0 Å². The minimum Gasteiger partial charge on any atom is -0.375 e. The fraction of sp³-hybridized carbons (Fsp3) is 1.00. The monoisotopic (exact) mass is 242 g/mol. The van der Waals surface area contributed by atoms with Crippen LogP contribution in [0.25, 0.3) is 0 Å². The van der Waals surface area contributed by atoms with E-state index in [2.05, 4.69) is 44.4 Å². The fourth-order valence-corrected chi connectivity index (χ4v) is 2.27. The number of nitrogens with zero attached hydrogens (tertiary/aromatic N) is 2. The molecule has 0 unspecified atom stereocenters. The van der Waals surface area contributed by atoms with Gasteiger partial charge in [0.25, 0.3) is 0 Å². The lowest BCUT2D eigenvalue weighted by atomic mass is 10.2. The van der Waals surface area contributed by atoms with Gasteiger partial charge in [-0.15, -0.1) is 0 Å². The highest BCUT2D eigenvalue weighted by molar-refractivity contribution is 4.70. The molecule has 0 amide bonds. The van der Waals surface area contributed by atoms with Crippen molar-refractivity contribution in [2.75, 3.05) is 39.5 Å². The molecule has 0 aromatic rings. The molecule has 1 heterocycles. The Balaban J connectivity index is 2.20. The molecule has 1 aliphatic heterocycles. The average Bonchev–Trinajstić information content (AvgIpc) is 2.15. The van der Waals surface area contributed by atoms with Gasteiger partial charge in [-0.25, -0.2) is 0 Å². The Morgan fingerprint density at radius 2 is 1.76 bits per heavy atom. The molecule has 0 bridgehead atoms. The van der Waals surface area contributed by atoms with Gasteiger partial charge in [0, 0.05) is 26.2 Å². The summed E-state index contributed by atoms with van der Waals surface area (Å²) in [7, 11) is 0. The van der Waals surface area contributed by atoms with Crippen molar-refractivity contribution in [3.8, 4) is 0 Å². The van der Waals surface area contributed by atoms with Gasteiger partial charge >= 0.3 is 0 Å². The fourth-order valence-electron chi connectivity index (χ4n) is 2.27. The average molecular weight is 242 g/mol. The van der Waals surface area contributed by atoms with Gasteiger partial charge in [-0.1, -0.05) is 13.8 Å². The first-order valence-electron chi connectivity index (χ1n) is 6.95. The maximum absolute atomic E-state index is 5.79. The van der Waals surface area contributed by atoms with Crippen LogP contribution in [0.4, 0.5) is 0 Å². The van der Waals surface area contributed by atoms with Crippen molar-refractivity contribution < 1.29 is 4.74 Å². The van der Waals surface area contributed by atoms with Gasteiger partial charge in [0.2, 0.25) is 0 Å². The molecule has 0 atom stereocenters. The van der Waals surface area contributed by atoms with Crippen molar-refractivity contribution in [2.24, 2.45) is 5.92 Å². The second-order valence-electron chi connectivity index (χ2n) is 6.54. The second-order valence-corrected chi connectivity index (χ2v) is 6.54. The Morgan fingerprint density at radius 1 is 1.12 bits per heavy atom. The third kappa shape index (κ3) is 7.02. The summed E-state index contributed by atoms with van der Waals surface area (Å²) >= 11 is 0.